The maximum atomic E-state index is 13.7. The molecule has 11 heteroatoms. The Kier molecular flexibility index (Phi) is 9.24. The Labute approximate surface area is 260 Å². The number of carbonyl (C=O) groups is 3. The van der Waals surface area contributed by atoms with Gasteiger partial charge in [-0.2, -0.15) is 0 Å². The van der Waals surface area contributed by atoms with E-state index in [1.54, 1.807) is 43.3 Å². The second-order valence-electron chi connectivity index (χ2n) is 10.7. The van der Waals surface area contributed by atoms with E-state index in [-0.39, 0.29) is 27.4 Å². The van der Waals surface area contributed by atoms with Gasteiger partial charge in [0.05, 0.1) is 37.6 Å². The molecule has 1 amide bonds. The van der Waals surface area contributed by atoms with E-state index in [2.05, 4.69) is 11.9 Å². The van der Waals surface area contributed by atoms with Crippen molar-refractivity contribution in [2.45, 2.75) is 65.5 Å². The summed E-state index contributed by atoms with van der Waals surface area (Å²) in [6.45, 7) is 8.43. The molecule has 3 aromatic rings. The maximum Gasteiger partial charge on any atom is 0.350 e. The fraction of sp³-hybridized carbons (Fsp3) is 0.394. The number of thiazole rings is 1. The number of esters is 1. The minimum absolute atomic E-state index is 0.00943. The van der Waals surface area contributed by atoms with Crippen molar-refractivity contribution < 1.29 is 38.4 Å². The molecule has 1 fully saturated rings. The summed E-state index contributed by atoms with van der Waals surface area (Å²) < 4.78 is 22.6. The highest BCUT2D eigenvalue weighted by molar-refractivity contribution is 7.17. The van der Waals surface area contributed by atoms with Crippen molar-refractivity contribution in [3.05, 3.63) is 69.2 Å². The van der Waals surface area contributed by atoms with Crippen LogP contribution in [0.2, 0.25) is 0 Å². The fourth-order valence-electron chi connectivity index (χ4n) is 5.45. The number of aliphatic hydroxyl groups is 1. The summed E-state index contributed by atoms with van der Waals surface area (Å²) in [6.07, 6.45) is 3.62. The summed E-state index contributed by atoms with van der Waals surface area (Å²) in [7, 11) is 1.26. The first-order chi connectivity index (χ1) is 21.2. The van der Waals surface area contributed by atoms with Gasteiger partial charge in [0.15, 0.2) is 16.6 Å². The van der Waals surface area contributed by atoms with Gasteiger partial charge in [0.25, 0.3) is 5.78 Å². The number of aromatic nitrogens is 1. The Morgan fingerprint density at radius 1 is 1.11 bits per heavy atom. The van der Waals surface area contributed by atoms with Crippen molar-refractivity contribution in [3.63, 3.8) is 0 Å². The number of benzene rings is 2. The normalized spacial score (nSPS) is 18.7. The summed E-state index contributed by atoms with van der Waals surface area (Å²) in [6, 6.07) is 9.34. The number of aryl methyl sites for hydroxylation is 1. The van der Waals surface area contributed by atoms with Crippen molar-refractivity contribution in [1.29, 1.82) is 0 Å². The Balaban J connectivity index is 1.65. The number of ketones is 1. The van der Waals surface area contributed by atoms with Crippen molar-refractivity contribution in [3.8, 4) is 17.2 Å². The van der Waals surface area contributed by atoms with Crippen LogP contribution >= 0.6 is 11.3 Å². The van der Waals surface area contributed by atoms with Crippen LogP contribution in [-0.2, 0) is 20.7 Å². The summed E-state index contributed by atoms with van der Waals surface area (Å²) in [5.41, 5.74) is 2.04. The highest BCUT2D eigenvalue weighted by Gasteiger charge is 2.49. The third-order valence-electron chi connectivity index (χ3n) is 7.56. The molecule has 0 unspecified atom stereocenters. The zero-order chi connectivity index (χ0) is 31.5. The van der Waals surface area contributed by atoms with Crippen LogP contribution in [0.1, 0.15) is 78.1 Å². The number of aliphatic hydroxyl groups excluding tert-OH is 1. The van der Waals surface area contributed by atoms with Crippen molar-refractivity contribution in [2.75, 3.05) is 25.2 Å². The van der Waals surface area contributed by atoms with Gasteiger partial charge in [-0.15, -0.1) is 0 Å². The molecular formula is C33H36N2O8S. The van der Waals surface area contributed by atoms with E-state index in [0.29, 0.717) is 48.0 Å². The van der Waals surface area contributed by atoms with E-state index in [4.69, 9.17) is 18.9 Å². The van der Waals surface area contributed by atoms with E-state index in [1.807, 2.05) is 13.8 Å². The smallest absolute Gasteiger partial charge is 0.350 e. The quantitative estimate of drug-likeness (QED) is 0.0883. The highest BCUT2D eigenvalue weighted by atomic mass is 32.1. The number of rotatable bonds is 11. The fourth-order valence-corrected chi connectivity index (χ4v) is 6.47. The molecule has 0 aliphatic carbocycles. The van der Waals surface area contributed by atoms with Crippen molar-refractivity contribution >= 4 is 39.9 Å². The molecule has 0 spiro atoms. The van der Waals surface area contributed by atoms with Crippen molar-refractivity contribution in [1.82, 2.24) is 4.98 Å². The van der Waals surface area contributed by atoms with Crippen LogP contribution in [-0.4, -0.2) is 54.2 Å². The average molecular weight is 621 g/mol. The molecule has 0 bridgehead atoms. The molecule has 2 aliphatic heterocycles. The molecule has 3 heterocycles. The first-order valence-electron chi connectivity index (χ1n) is 14.7. The van der Waals surface area contributed by atoms with Crippen LogP contribution in [0, 0.1) is 6.92 Å². The Morgan fingerprint density at radius 2 is 1.91 bits per heavy atom. The molecule has 2 aliphatic rings. The molecule has 232 valence electrons. The van der Waals surface area contributed by atoms with Crippen LogP contribution < -0.4 is 19.1 Å². The monoisotopic (exact) mass is 620 g/mol. The van der Waals surface area contributed by atoms with Gasteiger partial charge in [-0.1, -0.05) is 37.2 Å². The maximum absolute atomic E-state index is 13.7. The topological polar surface area (TPSA) is 124 Å². The number of unbranched alkanes of at least 4 members (excludes halogenated alkanes) is 2. The molecule has 0 saturated carbocycles. The molecule has 5 rings (SSSR count). The number of hydrogen-bond donors (Lipinski definition) is 1. The highest BCUT2D eigenvalue weighted by Crippen LogP contribution is 2.46. The van der Waals surface area contributed by atoms with E-state index in [1.165, 1.54) is 12.0 Å². The molecule has 44 heavy (non-hydrogen) atoms. The van der Waals surface area contributed by atoms with Gasteiger partial charge in [-0.25, -0.2) is 9.78 Å². The Morgan fingerprint density at radius 3 is 2.64 bits per heavy atom. The summed E-state index contributed by atoms with van der Waals surface area (Å²) >= 11 is 0.944. The van der Waals surface area contributed by atoms with Gasteiger partial charge >= 0.3 is 11.9 Å². The molecule has 0 radical (unpaired) electrons. The number of nitrogens with zero attached hydrogens (tertiary/aromatic N) is 2. The lowest BCUT2D eigenvalue weighted by Gasteiger charge is -2.24. The lowest BCUT2D eigenvalue weighted by atomic mass is 9.94. The Hall–Kier alpha value is -4.38. The Bertz CT molecular complexity index is 1630. The van der Waals surface area contributed by atoms with Crippen LogP contribution in [0.3, 0.4) is 0 Å². The average Bonchev–Trinajstić information content (AvgIpc) is 3.66. The zero-order valence-corrected chi connectivity index (χ0v) is 26.3. The standard InChI is InChI=1S/C33H36N2O8S/c1-6-8-9-14-42-24-13-10-20(17-25(24)41-7-2)27-26(28(36)21-11-12-23-22(16-21)15-18(3)43-23)29(37)31(38)35(27)33-34-19(4)30(44-33)32(39)40-5/h10-13,16-18,27,36H,6-9,14-15H2,1-5H3/t18-,27-/m1/s1. The molecule has 2 aromatic carbocycles. The van der Waals surface area contributed by atoms with Crippen LogP contribution in [0.25, 0.3) is 5.76 Å². The van der Waals surface area contributed by atoms with E-state index < -0.39 is 23.7 Å². The third-order valence-corrected chi connectivity index (χ3v) is 8.70. The van der Waals surface area contributed by atoms with Gasteiger partial charge in [0.1, 0.15) is 22.5 Å². The number of amides is 1. The first kappa shape index (κ1) is 31.1. The molecule has 1 aromatic heterocycles. The zero-order valence-electron chi connectivity index (χ0n) is 25.5. The number of fused-ring (bicyclic) bond motifs is 1. The number of Topliss-reactive ketones (excluding diaryl/α,β-unsaturated/α-hetero) is 1. The largest absolute Gasteiger partial charge is 0.507 e. The molecular weight excluding hydrogens is 584 g/mol. The minimum atomic E-state index is -1.07. The lowest BCUT2D eigenvalue weighted by Crippen LogP contribution is -2.29. The number of anilines is 1. The van der Waals surface area contributed by atoms with Gasteiger partial charge in [-0.3, -0.25) is 14.5 Å². The van der Waals surface area contributed by atoms with E-state index >= 15 is 0 Å². The van der Waals surface area contributed by atoms with Gasteiger partial charge in [0, 0.05) is 12.0 Å². The predicted octanol–water partition coefficient (Wildman–Crippen LogP) is 6.16. The second-order valence-corrected chi connectivity index (χ2v) is 11.7. The molecule has 1 saturated heterocycles. The number of hydrogen-bond acceptors (Lipinski definition) is 10. The van der Waals surface area contributed by atoms with Crippen LogP contribution in [0.15, 0.2) is 42.0 Å². The number of methoxy groups -OCH3 is 1. The van der Waals surface area contributed by atoms with E-state index in [9.17, 15) is 19.5 Å². The number of ether oxygens (including phenoxy) is 4. The molecule has 1 N–H and O–H groups in total. The second kappa shape index (κ2) is 13.1. The van der Waals surface area contributed by atoms with E-state index in [0.717, 1.165) is 41.9 Å². The third kappa shape index (κ3) is 5.88. The van der Waals surface area contributed by atoms with Gasteiger partial charge < -0.3 is 24.1 Å². The number of carbonyl (C=O) groups excluding carboxylic acids is 3. The molecule has 10 nitrogen and oxygen atoms in total. The predicted molar refractivity (Wildman–Crippen MR) is 166 cm³/mol. The first-order valence-corrected chi connectivity index (χ1v) is 15.6. The lowest BCUT2D eigenvalue weighted by molar-refractivity contribution is -0.132. The van der Waals surface area contributed by atoms with Crippen LogP contribution in [0.5, 0.6) is 17.2 Å². The minimum Gasteiger partial charge on any atom is -0.507 e. The van der Waals surface area contributed by atoms with Crippen LogP contribution in [0.4, 0.5) is 5.13 Å². The summed E-state index contributed by atoms with van der Waals surface area (Å²) in [5.74, 6) is -0.971. The van der Waals surface area contributed by atoms with Crippen molar-refractivity contribution in [2.24, 2.45) is 0 Å². The van der Waals surface area contributed by atoms with Gasteiger partial charge in [0.2, 0.25) is 0 Å². The van der Waals surface area contributed by atoms with Gasteiger partial charge in [-0.05, 0) is 68.7 Å². The molecule has 2 atom stereocenters. The SMILES string of the molecule is CCCCCOc1ccc([C@@H]2C(=C(O)c3ccc4c(c3)C[C@@H](C)O4)C(=O)C(=O)N2c2nc(C)c(C(=O)OC)s2)cc1OCC. The summed E-state index contributed by atoms with van der Waals surface area (Å²) in [4.78, 5) is 45.8. The summed E-state index contributed by atoms with van der Waals surface area (Å²) in [5, 5.41) is 11.8.